The highest BCUT2D eigenvalue weighted by Gasteiger charge is 2.32. The molecule has 0 radical (unpaired) electrons. The molecule has 0 aliphatic carbocycles. The molecule has 82 valence electrons. The van der Waals surface area contributed by atoms with E-state index in [-0.39, 0.29) is 18.1 Å². The second-order valence-electron chi connectivity index (χ2n) is 3.97. The third-order valence-electron chi connectivity index (χ3n) is 2.61. The Labute approximate surface area is 88.4 Å². The van der Waals surface area contributed by atoms with Crippen LogP contribution in [0, 0.1) is 6.92 Å². The zero-order chi connectivity index (χ0) is 11.0. The third-order valence-corrected chi connectivity index (χ3v) is 2.61. The Morgan fingerprint density at radius 3 is 2.87 bits per heavy atom. The smallest absolute Gasteiger partial charge is 0.329 e. The Morgan fingerprint density at radius 1 is 1.67 bits per heavy atom. The van der Waals surface area contributed by atoms with E-state index in [2.05, 4.69) is 10.4 Å². The van der Waals surface area contributed by atoms with Gasteiger partial charge in [-0.1, -0.05) is 0 Å². The van der Waals surface area contributed by atoms with Crippen molar-refractivity contribution in [3.8, 4) is 0 Å². The molecule has 0 unspecified atom stereocenters. The topological polar surface area (TPSA) is 56.1 Å². The summed E-state index contributed by atoms with van der Waals surface area (Å²) in [6.45, 7) is 3.86. The highest BCUT2D eigenvalue weighted by Crippen LogP contribution is 2.18. The molecule has 5 heteroatoms. The third kappa shape index (κ3) is 1.95. The fourth-order valence-electron chi connectivity index (χ4n) is 1.68. The number of carbonyl (C=O) groups excluding carboxylic acids is 1. The number of carbonyl (C=O) groups is 1. The van der Waals surface area contributed by atoms with Gasteiger partial charge in [-0.2, -0.15) is 5.10 Å². The lowest BCUT2D eigenvalue weighted by Gasteiger charge is -2.05. The van der Waals surface area contributed by atoms with E-state index in [0.29, 0.717) is 6.42 Å². The van der Waals surface area contributed by atoms with E-state index in [1.165, 1.54) is 0 Å². The molecule has 2 heterocycles. The maximum absolute atomic E-state index is 11.4. The molecule has 0 saturated carbocycles. The standard InChI is InChI=1S/C10H15N3O2/c1-6-4-9(12-13(6)3)11-8-5-7(2)15-10(8)14/h4,7-8H,5H2,1-3H3,(H,11,12)/t7-,8-/m0/s1. The van der Waals surface area contributed by atoms with Crippen LogP contribution in [0.5, 0.6) is 0 Å². The number of rotatable bonds is 2. The second-order valence-corrected chi connectivity index (χ2v) is 3.97. The van der Waals surface area contributed by atoms with E-state index in [1.54, 1.807) is 4.68 Å². The van der Waals surface area contributed by atoms with Crippen molar-refractivity contribution >= 4 is 11.8 Å². The minimum Gasteiger partial charge on any atom is -0.461 e. The minimum atomic E-state index is -0.255. The molecule has 2 rings (SSSR count). The predicted octanol–water partition coefficient (Wildman–Crippen LogP) is 0.844. The summed E-state index contributed by atoms with van der Waals surface area (Å²) < 4.78 is 6.82. The monoisotopic (exact) mass is 209 g/mol. The number of esters is 1. The molecule has 1 aliphatic rings. The number of anilines is 1. The number of nitrogens with one attached hydrogen (secondary N) is 1. The summed E-state index contributed by atoms with van der Waals surface area (Å²) in [4.78, 5) is 11.4. The average molecular weight is 209 g/mol. The van der Waals surface area contributed by atoms with Crippen molar-refractivity contribution in [3.05, 3.63) is 11.8 Å². The maximum atomic E-state index is 11.4. The summed E-state index contributed by atoms with van der Waals surface area (Å²) in [7, 11) is 1.87. The molecule has 1 aliphatic heterocycles. The quantitative estimate of drug-likeness (QED) is 0.733. The van der Waals surface area contributed by atoms with Gasteiger partial charge in [0.15, 0.2) is 0 Å². The Bertz CT molecular complexity index is 367. The zero-order valence-electron chi connectivity index (χ0n) is 9.15. The number of nitrogens with zero attached hydrogens (tertiary/aromatic N) is 2. The summed E-state index contributed by atoms with van der Waals surface area (Å²) in [5.74, 6) is 0.539. The lowest BCUT2D eigenvalue weighted by molar-refractivity contribution is -0.141. The Morgan fingerprint density at radius 2 is 2.40 bits per heavy atom. The minimum absolute atomic E-state index is 0.000177. The second kappa shape index (κ2) is 3.56. The summed E-state index contributed by atoms with van der Waals surface area (Å²) >= 11 is 0. The largest absolute Gasteiger partial charge is 0.461 e. The molecule has 0 amide bonds. The molecule has 1 saturated heterocycles. The van der Waals surface area contributed by atoms with Crippen molar-refractivity contribution in [1.82, 2.24) is 9.78 Å². The van der Waals surface area contributed by atoms with Crippen LogP contribution in [-0.2, 0) is 16.6 Å². The van der Waals surface area contributed by atoms with Crippen LogP contribution in [0.4, 0.5) is 5.82 Å². The molecule has 5 nitrogen and oxygen atoms in total. The van der Waals surface area contributed by atoms with Crippen molar-refractivity contribution in [2.75, 3.05) is 5.32 Å². The molecule has 1 N–H and O–H groups in total. The van der Waals surface area contributed by atoms with E-state index in [0.717, 1.165) is 11.5 Å². The SMILES string of the molecule is Cc1cc(N[C@H]2C[C@H](C)OC2=O)nn1C. The van der Waals surface area contributed by atoms with Gasteiger partial charge in [0.2, 0.25) is 0 Å². The molecule has 1 aromatic rings. The lowest BCUT2D eigenvalue weighted by atomic mass is 10.2. The molecule has 0 aromatic carbocycles. The first-order valence-corrected chi connectivity index (χ1v) is 5.04. The van der Waals surface area contributed by atoms with Gasteiger partial charge in [-0.3, -0.25) is 4.68 Å². The molecule has 1 aromatic heterocycles. The fraction of sp³-hybridized carbons (Fsp3) is 0.600. The fourth-order valence-corrected chi connectivity index (χ4v) is 1.68. The van der Waals surface area contributed by atoms with Gasteiger partial charge in [0.1, 0.15) is 18.0 Å². The number of ether oxygens (including phenoxy) is 1. The number of aromatic nitrogens is 2. The van der Waals surface area contributed by atoms with Gasteiger partial charge in [-0.15, -0.1) is 0 Å². The molecule has 15 heavy (non-hydrogen) atoms. The summed E-state index contributed by atoms with van der Waals surface area (Å²) in [5, 5.41) is 7.31. The van der Waals surface area contributed by atoms with Crippen molar-refractivity contribution in [2.45, 2.75) is 32.4 Å². The van der Waals surface area contributed by atoms with Gasteiger partial charge in [0.05, 0.1) is 0 Å². The molecular formula is C10H15N3O2. The van der Waals surface area contributed by atoms with Gasteiger partial charge < -0.3 is 10.1 Å². The molecule has 1 fully saturated rings. The Balaban J connectivity index is 2.06. The van der Waals surface area contributed by atoms with Crippen molar-refractivity contribution in [2.24, 2.45) is 7.05 Å². The maximum Gasteiger partial charge on any atom is 0.329 e. The first-order chi connectivity index (χ1) is 7.06. The zero-order valence-corrected chi connectivity index (χ0v) is 9.15. The number of hydrogen-bond acceptors (Lipinski definition) is 4. The number of hydrogen-bond donors (Lipinski definition) is 1. The molecular weight excluding hydrogens is 194 g/mol. The molecule has 2 atom stereocenters. The van der Waals surface area contributed by atoms with Crippen LogP contribution in [0.2, 0.25) is 0 Å². The Kier molecular flexibility index (Phi) is 2.38. The van der Waals surface area contributed by atoms with Crippen molar-refractivity contribution < 1.29 is 9.53 Å². The van der Waals surface area contributed by atoms with Gasteiger partial charge in [-0.05, 0) is 13.8 Å². The van der Waals surface area contributed by atoms with Crippen LogP contribution in [0.15, 0.2) is 6.07 Å². The lowest BCUT2D eigenvalue weighted by Crippen LogP contribution is -2.24. The number of cyclic esters (lactones) is 1. The van der Waals surface area contributed by atoms with Gasteiger partial charge >= 0.3 is 5.97 Å². The van der Waals surface area contributed by atoms with E-state index < -0.39 is 0 Å². The molecule has 0 bridgehead atoms. The predicted molar refractivity (Wildman–Crippen MR) is 55.5 cm³/mol. The summed E-state index contributed by atoms with van der Waals surface area (Å²) in [6, 6.07) is 1.66. The van der Waals surface area contributed by atoms with Crippen LogP contribution < -0.4 is 5.32 Å². The average Bonchev–Trinajstić information content (AvgIpc) is 2.59. The first kappa shape index (κ1) is 10.0. The van der Waals surface area contributed by atoms with E-state index >= 15 is 0 Å². The highest BCUT2D eigenvalue weighted by atomic mass is 16.6. The van der Waals surface area contributed by atoms with Gasteiger partial charge in [0, 0.05) is 25.2 Å². The Hall–Kier alpha value is -1.52. The van der Waals surface area contributed by atoms with Crippen LogP contribution in [0.1, 0.15) is 19.0 Å². The van der Waals surface area contributed by atoms with Crippen molar-refractivity contribution in [1.29, 1.82) is 0 Å². The van der Waals surface area contributed by atoms with Crippen molar-refractivity contribution in [3.63, 3.8) is 0 Å². The number of aryl methyl sites for hydroxylation is 2. The van der Waals surface area contributed by atoms with Crippen LogP contribution in [0.3, 0.4) is 0 Å². The molecule has 0 spiro atoms. The van der Waals surface area contributed by atoms with Gasteiger partial charge in [0.25, 0.3) is 0 Å². The summed E-state index contributed by atoms with van der Waals surface area (Å²) in [6.07, 6.45) is 0.703. The van der Waals surface area contributed by atoms with Crippen LogP contribution >= 0.6 is 0 Å². The first-order valence-electron chi connectivity index (χ1n) is 5.04. The highest BCUT2D eigenvalue weighted by molar-refractivity contribution is 5.80. The van der Waals surface area contributed by atoms with E-state index in [9.17, 15) is 4.79 Å². The van der Waals surface area contributed by atoms with Gasteiger partial charge in [-0.25, -0.2) is 4.79 Å². The van der Waals surface area contributed by atoms with Crippen LogP contribution in [0.25, 0.3) is 0 Å². The summed E-state index contributed by atoms with van der Waals surface area (Å²) in [5.41, 5.74) is 1.05. The normalized spacial score (nSPS) is 25.4. The van der Waals surface area contributed by atoms with Crippen LogP contribution in [-0.4, -0.2) is 27.9 Å². The van der Waals surface area contributed by atoms with E-state index in [1.807, 2.05) is 27.0 Å². The van der Waals surface area contributed by atoms with E-state index in [4.69, 9.17) is 4.74 Å².